The second-order valence-electron chi connectivity index (χ2n) is 6.96. The Morgan fingerprint density at radius 1 is 1.10 bits per heavy atom. The highest BCUT2D eigenvalue weighted by Crippen LogP contribution is 2.35. The average Bonchev–Trinajstić information content (AvgIpc) is 3.15. The van der Waals surface area contributed by atoms with E-state index in [0.717, 1.165) is 17.7 Å². The molecule has 3 rings (SSSR count). The van der Waals surface area contributed by atoms with Crippen molar-refractivity contribution in [3.63, 3.8) is 0 Å². The normalized spacial score (nSPS) is 19.4. The van der Waals surface area contributed by atoms with E-state index in [1.54, 1.807) is 36.4 Å². The third kappa shape index (κ3) is 4.69. The SMILES string of the molecule is COC(=O)C(c1ccccc1)C1C=CC(NC(=O)c2ccc(F)cc2C(F)(F)F)C1. The van der Waals surface area contributed by atoms with Crippen molar-refractivity contribution in [2.45, 2.75) is 24.6 Å². The number of allylic oxidation sites excluding steroid dienone is 1. The number of carbonyl (C=O) groups excluding carboxylic acids is 2. The second-order valence-corrected chi connectivity index (χ2v) is 6.96. The van der Waals surface area contributed by atoms with Gasteiger partial charge in [-0.3, -0.25) is 9.59 Å². The molecule has 0 fully saturated rings. The first-order chi connectivity index (χ1) is 14.2. The van der Waals surface area contributed by atoms with E-state index in [9.17, 15) is 27.2 Å². The van der Waals surface area contributed by atoms with Gasteiger partial charge in [0.25, 0.3) is 5.91 Å². The van der Waals surface area contributed by atoms with E-state index in [0.29, 0.717) is 12.5 Å². The Bertz CT molecular complexity index is 957. The Balaban J connectivity index is 1.76. The van der Waals surface area contributed by atoms with Crippen molar-refractivity contribution >= 4 is 11.9 Å². The first-order valence-electron chi connectivity index (χ1n) is 9.19. The van der Waals surface area contributed by atoms with E-state index in [4.69, 9.17) is 4.74 Å². The van der Waals surface area contributed by atoms with Crippen molar-refractivity contribution < 1.29 is 31.9 Å². The molecular formula is C22H19F4NO3. The van der Waals surface area contributed by atoms with Gasteiger partial charge in [0.2, 0.25) is 0 Å². The number of ether oxygens (including phenoxy) is 1. The number of nitrogens with one attached hydrogen (secondary N) is 1. The molecule has 1 N–H and O–H groups in total. The number of halogens is 4. The average molecular weight is 421 g/mol. The summed E-state index contributed by atoms with van der Waals surface area (Å²) in [6.45, 7) is 0. The predicted octanol–water partition coefficient (Wildman–Crippen LogP) is 4.48. The summed E-state index contributed by atoms with van der Waals surface area (Å²) >= 11 is 0. The zero-order valence-electron chi connectivity index (χ0n) is 15.9. The van der Waals surface area contributed by atoms with Crippen LogP contribution in [0.15, 0.2) is 60.7 Å². The number of hydrogen-bond donors (Lipinski definition) is 1. The lowest BCUT2D eigenvalue weighted by molar-refractivity contribution is -0.143. The Morgan fingerprint density at radius 3 is 2.43 bits per heavy atom. The van der Waals surface area contributed by atoms with Gasteiger partial charge in [0.05, 0.1) is 24.2 Å². The van der Waals surface area contributed by atoms with Crippen molar-refractivity contribution in [3.8, 4) is 0 Å². The van der Waals surface area contributed by atoms with E-state index in [1.807, 2.05) is 6.07 Å². The number of alkyl halides is 3. The number of carbonyl (C=O) groups is 2. The van der Waals surface area contributed by atoms with E-state index in [2.05, 4.69) is 5.32 Å². The fraction of sp³-hybridized carbons (Fsp3) is 0.273. The number of methoxy groups -OCH3 is 1. The summed E-state index contributed by atoms with van der Waals surface area (Å²) in [5.41, 5.74) is -1.26. The molecule has 0 spiro atoms. The molecule has 158 valence electrons. The maximum atomic E-state index is 13.3. The van der Waals surface area contributed by atoms with Gasteiger partial charge in [-0.2, -0.15) is 13.2 Å². The van der Waals surface area contributed by atoms with Gasteiger partial charge in [-0.15, -0.1) is 0 Å². The van der Waals surface area contributed by atoms with E-state index in [-0.39, 0.29) is 5.92 Å². The Hall–Kier alpha value is -3.16. The van der Waals surface area contributed by atoms with Gasteiger partial charge in [-0.1, -0.05) is 42.5 Å². The molecule has 0 aromatic heterocycles. The molecule has 3 unspecified atom stereocenters. The summed E-state index contributed by atoms with van der Waals surface area (Å²) < 4.78 is 57.7. The molecule has 2 aromatic rings. The third-order valence-electron chi connectivity index (χ3n) is 5.01. The van der Waals surface area contributed by atoms with Crippen LogP contribution < -0.4 is 5.32 Å². The van der Waals surface area contributed by atoms with Gasteiger partial charge in [0.15, 0.2) is 0 Å². The first kappa shape index (κ1) is 21.5. The van der Waals surface area contributed by atoms with Gasteiger partial charge < -0.3 is 10.1 Å². The Kier molecular flexibility index (Phi) is 6.24. The number of amides is 1. The summed E-state index contributed by atoms with van der Waals surface area (Å²) in [7, 11) is 1.28. The molecule has 0 saturated carbocycles. The van der Waals surface area contributed by atoms with E-state index < -0.39 is 47.0 Å². The standard InChI is InChI=1S/C22H19F4NO3/c1-30-21(29)19(13-5-3-2-4-6-13)14-7-9-16(11-14)27-20(28)17-10-8-15(23)12-18(17)22(24,25)26/h2-10,12,14,16,19H,11H2,1H3,(H,27,28). The van der Waals surface area contributed by atoms with Crippen LogP contribution in [0.4, 0.5) is 17.6 Å². The van der Waals surface area contributed by atoms with Crippen LogP contribution >= 0.6 is 0 Å². The first-order valence-corrected chi connectivity index (χ1v) is 9.19. The van der Waals surface area contributed by atoms with Crippen LogP contribution in [-0.4, -0.2) is 25.0 Å². The molecule has 0 bridgehead atoms. The van der Waals surface area contributed by atoms with Crippen LogP contribution in [0.5, 0.6) is 0 Å². The van der Waals surface area contributed by atoms with Gasteiger partial charge in [-0.25, -0.2) is 4.39 Å². The lowest BCUT2D eigenvalue weighted by Crippen LogP contribution is -2.35. The summed E-state index contributed by atoms with van der Waals surface area (Å²) in [5, 5.41) is 2.52. The third-order valence-corrected chi connectivity index (χ3v) is 5.01. The zero-order chi connectivity index (χ0) is 21.9. The molecule has 0 saturated heterocycles. The number of rotatable bonds is 5. The molecule has 2 aromatic carbocycles. The highest BCUT2D eigenvalue weighted by molar-refractivity contribution is 5.96. The van der Waals surface area contributed by atoms with E-state index >= 15 is 0 Å². The predicted molar refractivity (Wildman–Crippen MR) is 101 cm³/mol. The zero-order valence-corrected chi connectivity index (χ0v) is 15.9. The molecule has 0 heterocycles. The van der Waals surface area contributed by atoms with Crippen molar-refractivity contribution in [1.82, 2.24) is 5.32 Å². The van der Waals surface area contributed by atoms with Crippen LogP contribution in [0.2, 0.25) is 0 Å². The molecule has 4 nitrogen and oxygen atoms in total. The van der Waals surface area contributed by atoms with Gasteiger partial charge in [0.1, 0.15) is 5.82 Å². The van der Waals surface area contributed by atoms with Crippen LogP contribution in [0.25, 0.3) is 0 Å². The highest BCUT2D eigenvalue weighted by Gasteiger charge is 2.37. The van der Waals surface area contributed by atoms with Gasteiger partial charge in [0, 0.05) is 6.04 Å². The maximum Gasteiger partial charge on any atom is 0.417 e. The Labute approximate surface area is 170 Å². The molecule has 3 atom stereocenters. The van der Waals surface area contributed by atoms with Crippen molar-refractivity contribution in [2.75, 3.05) is 7.11 Å². The highest BCUT2D eigenvalue weighted by atomic mass is 19.4. The topological polar surface area (TPSA) is 55.4 Å². The summed E-state index contributed by atoms with van der Waals surface area (Å²) in [4.78, 5) is 24.8. The number of benzene rings is 2. The minimum absolute atomic E-state index is 0.297. The summed E-state index contributed by atoms with van der Waals surface area (Å²) in [6.07, 6.45) is -1.18. The van der Waals surface area contributed by atoms with E-state index in [1.165, 1.54) is 7.11 Å². The molecule has 1 aliphatic rings. The lowest BCUT2D eigenvalue weighted by atomic mass is 9.85. The molecule has 0 aliphatic heterocycles. The van der Waals surface area contributed by atoms with Crippen LogP contribution in [0.3, 0.4) is 0 Å². The molecule has 1 aliphatic carbocycles. The van der Waals surface area contributed by atoms with Crippen LogP contribution in [0, 0.1) is 11.7 Å². The van der Waals surface area contributed by atoms with Crippen molar-refractivity contribution in [1.29, 1.82) is 0 Å². The van der Waals surface area contributed by atoms with Gasteiger partial charge in [-0.05, 0) is 36.1 Å². The fourth-order valence-electron chi connectivity index (χ4n) is 3.62. The van der Waals surface area contributed by atoms with Crippen LogP contribution in [-0.2, 0) is 15.7 Å². The molecular weight excluding hydrogens is 402 g/mol. The minimum atomic E-state index is -4.87. The van der Waals surface area contributed by atoms with Crippen LogP contribution in [0.1, 0.15) is 33.8 Å². The lowest BCUT2D eigenvalue weighted by Gasteiger charge is -2.22. The monoisotopic (exact) mass is 421 g/mol. The largest absolute Gasteiger partial charge is 0.469 e. The fourth-order valence-corrected chi connectivity index (χ4v) is 3.62. The molecule has 0 radical (unpaired) electrons. The summed E-state index contributed by atoms with van der Waals surface area (Å²) in [5.74, 6) is -3.40. The number of hydrogen-bond acceptors (Lipinski definition) is 3. The molecule has 8 heteroatoms. The maximum absolute atomic E-state index is 13.3. The summed E-state index contributed by atoms with van der Waals surface area (Å²) in [6, 6.07) is 10.3. The van der Waals surface area contributed by atoms with Gasteiger partial charge >= 0.3 is 12.1 Å². The van der Waals surface area contributed by atoms with Crippen molar-refractivity contribution in [2.24, 2.45) is 5.92 Å². The van der Waals surface area contributed by atoms with Crippen molar-refractivity contribution in [3.05, 3.63) is 83.2 Å². The molecule has 30 heavy (non-hydrogen) atoms. The quantitative estimate of drug-likeness (QED) is 0.440. The second kappa shape index (κ2) is 8.69. The minimum Gasteiger partial charge on any atom is -0.469 e. The number of esters is 1. The molecule has 1 amide bonds. The Morgan fingerprint density at radius 2 is 1.80 bits per heavy atom. The smallest absolute Gasteiger partial charge is 0.417 e.